The van der Waals surface area contributed by atoms with Crippen molar-refractivity contribution in [3.63, 3.8) is 0 Å². The number of cyclic esters (lactones) is 1. The normalized spacial score (nSPS) is 41.6. The lowest BCUT2D eigenvalue weighted by Gasteiger charge is -2.39. The Hall–Kier alpha value is -1.13. The van der Waals surface area contributed by atoms with Crippen LogP contribution in [-0.4, -0.2) is 34.5 Å². The van der Waals surface area contributed by atoms with E-state index in [9.17, 15) is 15.0 Å². The zero-order valence-corrected chi connectivity index (χ0v) is 13.1. The number of esters is 1. The standard InChI is InChI=1S/C18H26O4/c1-11-2-3-12-8-13(19)4-6-17(12)16(11)7-5-15-9-14(20)10-18(21)22-15/h2-3,8,11,13-17,19-20H,4-7,9-10H2,1H3. The molecule has 4 nitrogen and oxygen atoms in total. The van der Waals surface area contributed by atoms with Gasteiger partial charge in [-0.3, -0.25) is 4.79 Å². The molecular formula is C18H26O4. The molecule has 22 heavy (non-hydrogen) atoms. The van der Waals surface area contributed by atoms with E-state index in [2.05, 4.69) is 19.1 Å². The van der Waals surface area contributed by atoms with Gasteiger partial charge in [0.1, 0.15) is 6.10 Å². The number of ether oxygens (including phenoxy) is 1. The zero-order valence-electron chi connectivity index (χ0n) is 13.1. The lowest BCUT2D eigenvalue weighted by atomic mass is 9.67. The minimum atomic E-state index is -0.546. The van der Waals surface area contributed by atoms with Crippen LogP contribution in [-0.2, 0) is 9.53 Å². The number of allylic oxidation sites excluding steroid dienone is 3. The predicted octanol–water partition coefficient (Wildman–Crippen LogP) is 2.35. The second-order valence-corrected chi connectivity index (χ2v) is 7.08. The second-order valence-electron chi connectivity index (χ2n) is 7.08. The zero-order chi connectivity index (χ0) is 15.7. The molecule has 122 valence electrons. The fourth-order valence-electron chi connectivity index (χ4n) is 4.24. The Morgan fingerprint density at radius 3 is 2.86 bits per heavy atom. The fourth-order valence-corrected chi connectivity index (χ4v) is 4.24. The maximum absolute atomic E-state index is 11.4. The van der Waals surface area contributed by atoms with Crippen LogP contribution in [0.3, 0.4) is 0 Å². The number of hydrogen-bond acceptors (Lipinski definition) is 4. The van der Waals surface area contributed by atoms with Crippen molar-refractivity contribution in [2.24, 2.45) is 17.8 Å². The van der Waals surface area contributed by atoms with E-state index in [0.717, 1.165) is 25.7 Å². The van der Waals surface area contributed by atoms with Crippen molar-refractivity contribution < 1.29 is 19.7 Å². The molecule has 3 rings (SSSR count). The molecule has 0 saturated carbocycles. The molecule has 1 saturated heterocycles. The highest BCUT2D eigenvalue weighted by Crippen LogP contribution is 2.42. The highest BCUT2D eigenvalue weighted by molar-refractivity contribution is 5.70. The summed E-state index contributed by atoms with van der Waals surface area (Å²) in [6, 6.07) is 0. The summed E-state index contributed by atoms with van der Waals surface area (Å²) in [4.78, 5) is 11.4. The molecule has 0 radical (unpaired) electrons. The van der Waals surface area contributed by atoms with Gasteiger partial charge in [-0.2, -0.15) is 0 Å². The number of hydrogen-bond donors (Lipinski definition) is 2. The third kappa shape index (κ3) is 3.44. The molecule has 2 N–H and O–H groups in total. The number of carbonyl (C=O) groups excluding carboxylic acids is 1. The average molecular weight is 306 g/mol. The Bertz CT molecular complexity index is 481. The SMILES string of the molecule is CC1C=CC2=CC(O)CCC2C1CCC1CC(O)CC(=O)O1. The van der Waals surface area contributed by atoms with Gasteiger partial charge in [-0.25, -0.2) is 0 Å². The molecule has 1 heterocycles. The first-order chi connectivity index (χ1) is 10.5. The molecule has 0 bridgehead atoms. The summed E-state index contributed by atoms with van der Waals surface area (Å²) in [5.74, 6) is 1.26. The minimum Gasteiger partial charge on any atom is -0.462 e. The summed E-state index contributed by atoms with van der Waals surface area (Å²) in [6.07, 6.45) is 9.76. The number of aliphatic hydroxyl groups is 2. The van der Waals surface area contributed by atoms with E-state index >= 15 is 0 Å². The fraction of sp³-hybridized carbons (Fsp3) is 0.722. The highest BCUT2D eigenvalue weighted by Gasteiger charge is 2.35. The second kappa shape index (κ2) is 6.55. The van der Waals surface area contributed by atoms with E-state index < -0.39 is 6.10 Å². The van der Waals surface area contributed by atoms with E-state index in [1.165, 1.54) is 5.57 Å². The molecule has 2 aliphatic carbocycles. The lowest BCUT2D eigenvalue weighted by molar-refractivity contribution is -0.160. The summed E-state index contributed by atoms with van der Waals surface area (Å²) in [5, 5.41) is 19.5. The van der Waals surface area contributed by atoms with Gasteiger partial charge in [0, 0.05) is 6.42 Å². The van der Waals surface area contributed by atoms with E-state index in [1.807, 2.05) is 6.08 Å². The summed E-state index contributed by atoms with van der Waals surface area (Å²) >= 11 is 0. The van der Waals surface area contributed by atoms with Gasteiger partial charge >= 0.3 is 5.97 Å². The Balaban J connectivity index is 1.63. The predicted molar refractivity (Wildman–Crippen MR) is 83.0 cm³/mol. The van der Waals surface area contributed by atoms with Gasteiger partial charge in [0.15, 0.2) is 0 Å². The first-order valence-electron chi connectivity index (χ1n) is 8.48. The molecule has 1 aliphatic heterocycles. The third-order valence-electron chi connectivity index (χ3n) is 5.43. The molecule has 0 amide bonds. The van der Waals surface area contributed by atoms with Crippen LogP contribution < -0.4 is 0 Å². The van der Waals surface area contributed by atoms with Crippen LogP contribution in [0.15, 0.2) is 23.8 Å². The van der Waals surface area contributed by atoms with Gasteiger partial charge in [-0.05, 0) is 49.0 Å². The monoisotopic (exact) mass is 306 g/mol. The number of aliphatic hydroxyl groups excluding tert-OH is 2. The Morgan fingerprint density at radius 2 is 2.09 bits per heavy atom. The van der Waals surface area contributed by atoms with Gasteiger partial charge in [-0.1, -0.05) is 25.2 Å². The molecule has 0 aromatic heterocycles. The van der Waals surface area contributed by atoms with Crippen LogP contribution in [0.1, 0.15) is 45.4 Å². The van der Waals surface area contributed by atoms with Crippen LogP contribution in [0.4, 0.5) is 0 Å². The van der Waals surface area contributed by atoms with Crippen LogP contribution >= 0.6 is 0 Å². The summed E-state index contributed by atoms with van der Waals surface area (Å²) < 4.78 is 5.36. The van der Waals surface area contributed by atoms with E-state index in [-0.39, 0.29) is 24.6 Å². The maximum Gasteiger partial charge on any atom is 0.308 e. The minimum absolute atomic E-state index is 0.131. The lowest BCUT2D eigenvalue weighted by Crippen LogP contribution is -2.34. The maximum atomic E-state index is 11.4. The van der Waals surface area contributed by atoms with Crippen LogP contribution in [0.5, 0.6) is 0 Å². The van der Waals surface area contributed by atoms with Crippen molar-refractivity contribution in [2.45, 2.75) is 63.8 Å². The number of fused-ring (bicyclic) bond motifs is 1. The molecule has 4 heteroatoms. The Labute approximate surface area is 131 Å². The molecule has 0 aromatic rings. The first-order valence-corrected chi connectivity index (χ1v) is 8.48. The quantitative estimate of drug-likeness (QED) is 0.786. The Morgan fingerprint density at radius 1 is 1.27 bits per heavy atom. The highest BCUT2D eigenvalue weighted by atomic mass is 16.5. The van der Waals surface area contributed by atoms with Crippen molar-refractivity contribution in [3.8, 4) is 0 Å². The van der Waals surface area contributed by atoms with Crippen molar-refractivity contribution in [2.75, 3.05) is 0 Å². The third-order valence-corrected chi connectivity index (χ3v) is 5.43. The van der Waals surface area contributed by atoms with Crippen molar-refractivity contribution in [1.29, 1.82) is 0 Å². The van der Waals surface area contributed by atoms with Crippen LogP contribution in [0, 0.1) is 17.8 Å². The summed E-state index contributed by atoms with van der Waals surface area (Å²) in [6.45, 7) is 2.24. The topological polar surface area (TPSA) is 66.8 Å². The van der Waals surface area contributed by atoms with Crippen molar-refractivity contribution in [1.82, 2.24) is 0 Å². The van der Waals surface area contributed by atoms with Crippen molar-refractivity contribution in [3.05, 3.63) is 23.8 Å². The van der Waals surface area contributed by atoms with Gasteiger partial charge in [0.05, 0.1) is 18.6 Å². The molecule has 0 spiro atoms. The largest absolute Gasteiger partial charge is 0.462 e. The van der Waals surface area contributed by atoms with E-state index in [4.69, 9.17) is 4.74 Å². The van der Waals surface area contributed by atoms with Gasteiger partial charge in [-0.15, -0.1) is 0 Å². The molecule has 3 aliphatic rings. The summed E-state index contributed by atoms with van der Waals surface area (Å²) in [7, 11) is 0. The molecular weight excluding hydrogens is 280 g/mol. The first kappa shape index (κ1) is 15.8. The van der Waals surface area contributed by atoms with Gasteiger partial charge in [0.2, 0.25) is 0 Å². The van der Waals surface area contributed by atoms with Crippen molar-refractivity contribution >= 4 is 5.97 Å². The molecule has 6 unspecified atom stereocenters. The molecule has 0 aromatic carbocycles. The van der Waals surface area contributed by atoms with E-state index in [1.54, 1.807) is 0 Å². The molecule has 6 atom stereocenters. The average Bonchev–Trinajstić information content (AvgIpc) is 2.45. The van der Waals surface area contributed by atoms with Crippen LogP contribution in [0.25, 0.3) is 0 Å². The summed E-state index contributed by atoms with van der Waals surface area (Å²) in [5.41, 5.74) is 1.27. The van der Waals surface area contributed by atoms with Gasteiger partial charge in [0.25, 0.3) is 0 Å². The number of carbonyl (C=O) groups is 1. The Kier molecular flexibility index (Phi) is 4.69. The molecule has 1 fully saturated rings. The van der Waals surface area contributed by atoms with Crippen LogP contribution in [0.2, 0.25) is 0 Å². The number of rotatable bonds is 3. The van der Waals surface area contributed by atoms with E-state index in [0.29, 0.717) is 24.2 Å². The van der Waals surface area contributed by atoms with Gasteiger partial charge < -0.3 is 14.9 Å². The smallest absolute Gasteiger partial charge is 0.308 e.